The van der Waals surface area contributed by atoms with Crippen LogP contribution in [0.4, 0.5) is 0 Å². The number of benzene rings is 1. The zero-order valence-corrected chi connectivity index (χ0v) is 13.5. The SMILES string of the molecule is CNCC(Cc1cc(OC)ccc1Br)C1CCCC1. The highest BCUT2D eigenvalue weighted by Gasteiger charge is 2.25. The first kappa shape index (κ1) is 14.9. The van der Waals surface area contributed by atoms with E-state index in [9.17, 15) is 0 Å². The molecule has 1 atom stereocenters. The summed E-state index contributed by atoms with van der Waals surface area (Å²) in [6, 6.07) is 6.27. The van der Waals surface area contributed by atoms with Crippen molar-refractivity contribution in [3.05, 3.63) is 28.2 Å². The molecule has 0 radical (unpaired) electrons. The van der Waals surface area contributed by atoms with E-state index in [1.165, 1.54) is 35.7 Å². The van der Waals surface area contributed by atoms with E-state index in [1.54, 1.807) is 7.11 Å². The van der Waals surface area contributed by atoms with Gasteiger partial charge in [-0.3, -0.25) is 0 Å². The third-order valence-electron chi connectivity index (χ3n) is 4.27. The lowest BCUT2D eigenvalue weighted by Crippen LogP contribution is -2.26. The number of methoxy groups -OCH3 is 1. The third kappa shape index (κ3) is 3.96. The zero-order valence-electron chi connectivity index (χ0n) is 11.9. The average Bonchev–Trinajstić information content (AvgIpc) is 2.94. The Morgan fingerprint density at radius 1 is 1.37 bits per heavy atom. The quantitative estimate of drug-likeness (QED) is 0.852. The van der Waals surface area contributed by atoms with E-state index in [0.717, 1.165) is 30.6 Å². The van der Waals surface area contributed by atoms with Gasteiger partial charge < -0.3 is 10.1 Å². The molecule has 0 aromatic heterocycles. The van der Waals surface area contributed by atoms with Gasteiger partial charge in [0.2, 0.25) is 0 Å². The Kier molecular flexibility index (Phi) is 5.71. The van der Waals surface area contributed by atoms with Gasteiger partial charge in [0.05, 0.1) is 7.11 Å². The molecule has 2 rings (SSSR count). The van der Waals surface area contributed by atoms with E-state index >= 15 is 0 Å². The largest absolute Gasteiger partial charge is 0.497 e. The van der Waals surface area contributed by atoms with Crippen LogP contribution in [0.2, 0.25) is 0 Å². The van der Waals surface area contributed by atoms with Gasteiger partial charge in [0.15, 0.2) is 0 Å². The maximum absolute atomic E-state index is 5.34. The molecule has 1 aromatic rings. The van der Waals surface area contributed by atoms with Crippen molar-refractivity contribution >= 4 is 15.9 Å². The summed E-state index contributed by atoms with van der Waals surface area (Å²) in [5, 5.41) is 3.37. The topological polar surface area (TPSA) is 21.3 Å². The minimum atomic E-state index is 0.732. The highest BCUT2D eigenvalue weighted by molar-refractivity contribution is 9.10. The molecule has 1 unspecified atom stereocenters. The monoisotopic (exact) mass is 325 g/mol. The lowest BCUT2D eigenvalue weighted by atomic mass is 9.85. The van der Waals surface area contributed by atoms with Gasteiger partial charge in [-0.1, -0.05) is 41.6 Å². The van der Waals surface area contributed by atoms with Crippen molar-refractivity contribution in [2.24, 2.45) is 11.8 Å². The summed E-state index contributed by atoms with van der Waals surface area (Å²) in [6.07, 6.45) is 6.74. The maximum Gasteiger partial charge on any atom is 0.119 e. The van der Waals surface area contributed by atoms with E-state index in [4.69, 9.17) is 4.74 Å². The molecule has 0 amide bonds. The van der Waals surface area contributed by atoms with Crippen molar-refractivity contribution in [3.63, 3.8) is 0 Å². The summed E-state index contributed by atoms with van der Waals surface area (Å²) in [4.78, 5) is 0. The Bertz CT molecular complexity index is 402. The van der Waals surface area contributed by atoms with Crippen LogP contribution in [0, 0.1) is 11.8 Å². The first-order chi connectivity index (χ1) is 9.24. The van der Waals surface area contributed by atoms with E-state index in [0.29, 0.717) is 0 Å². The van der Waals surface area contributed by atoms with Gasteiger partial charge in [-0.15, -0.1) is 0 Å². The van der Waals surface area contributed by atoms with Crippen LogP contribution >= 0.6 is 15.9 Å². The lowest BCUT2D eigenvalue weighted by molar-refractivity contribution is 0.327. The zero-order chi connectivity index (χ0) is 13.7. The second-order valence-electron chi connectivity index (χ2n) is 5.52. The van der Waals surface area contributed by atoms with Crippen LogP contribution < -0.4 is 10.1 Å². The highest BCUT2D eigenvalue weighted by Crippen LogP contribution is 2.34. The molecule has 1 aromatic carbocycles. The Labute approximate surface area is 125 Å². The predicted molar refractivity (Wildman–Crippen MR) is 83.8 cm³/mol. The standard InChI is InChI=1S/C16H24BrNO/c1-18-11-14(12-5-3-4-6-12)9-13-10-15(19-2)7-8-16(13)17/h7-8,10,12,14,18H,3-6,9,11H2,1-2H3. The van der Waals surface area contributed by atoms with Crippen LogP contribution in [0.1, 0.15) is 31.2 Å². The molecule has 1 aliphatic rings. The summed E-state index contributed by atoms with van der Waals surface area (Å²) in [5.41, 5.74) is 1.37. The van der Waals surface area contributed by atoms with Gasteiger partial charge in [-0.05, 0) is 55.6 Å². The molecule has 0 aliphatic heterocycles. The van der Waals surface area contributed by atoms with E-state index in [-0.39, 0.29) is 0 Å². The van der Waals surface area contributed by atoms with Crippen molar-refractivity contribution in [1.82, 2.24) is 5.32 Å². The molecule has 0 heterocycles. The summed E-state index contributed by atoms with van der Waals surface area (Å²) in [7, 11) is 3.79. The molecule has 1 saturated carbocycles. The van der Waals surface area contributed by atoms with E-state index in [2.05, 4.69) is 40.4 Å². The lowest BCUT2D eigenvalue weighted by Gasteiger charge is -2.24. The Balaban J connectivity index is 2.11. The minimum absolute atomic E-state index is 0.732. The van der Waals surface area contributed by atoms with Crippen LogP contribution in [0.15, 0.2) is 22.7 Å². The minimum Gasteiger partial charge on any atom is -0.497 e. The Morgan fingerprint density at radius 2 is 2.11 bits per heavy atom. The van der Waals surface area contributed by atoms with Crippen molar-refractivity contribution in [2.45, 2.75) is 32.1 Å². The summed E-state index contributed by atoms with van der Waals surface area (Å²) in [5.74, 6) is 2.56. The van der Waals surface area contributed by atoms with Gasteiger partial charge in [0, 0.05) is 4.47 Å². The highest BCUT2D eigenvalue weighted by atomic mass is 79.9. The molecule has 19 heavy (non-hydrogen) atoms. The predicted octanol–water partition coefficient (Wildman–Crippen LogP) is 4.03. The van der Waals surface area contributed by atoms with Crippen LogP contribution in [0.5, 0.6) is 5.75 Å². The number of rotatable bonds is 6. The molecule has 1 aliphatic carbocycles. The summed E-state index contributed by atoms with van der Waals surface area (Å²) in [6.45, 7) is 1.11. The fraction of sp³-hybridized carbons (Fsp3) is 0.625. The van der Waals surface area contributed by atoms with Crippen molar-refractivity contribution in [2.75, 3.05) is 20.7 Å². The van der Waals surface area contributed by atoms with Gasteiger partial charge >= 0.3 is 0 Å². The molecule has 1 fully saturated rings. The summed E-state index contributed by atoms with van der Waals surface area (Å²) >= 11 is 3.67. The molecule has 2 nitrogen and oxygen atoms in total. The number of hydrogen-bond acceptors (Lipinski definition) is 2. The van der Waals surface area contributed by atoms with Crippen molar-refractivity contribution in [3.8, 4) is 5.75 Å². The van der Waals surface area contributed by atoms with Crippen LogP contribution in [-0.2, 0) is 6.42 Å². The normalized spacial score (nSPS) is 17.6. The fourth-order valence-electron chi connectivity index (χ4n) is 3.21. The van der Waals surface area contributed by atoms with Crippen LogP contribution in [0.3, 0.4) is 0 Å². The van der Waals surface area contributed by atoms with Gasteiger partial charge in [-0.2, -0.15) is 0 Å². The van der Waals surface area contributed by atoms with Crippen LogP contribution in [0.25, 0.3) is 0 Å². The number of halogens is 1. The van der Waals surface area contributed by atoms with Gasteiger partial charge in [0.1, 0.15) is 5.75 Å². The first-order valence-electron chi connectivity index (χ1n) is 7.21. The second-order valence-corrected chi connectivity index (χ2v) is 6.38. The molecule has 0 bridgehead atoms. The Morgan fingerprint density at radius 3 is 2.74 bits per heavy atom. The molecule has 1 N–H and O–H groups in total. The molecule has 0 spiro atoms. The smallest absolute Gasteiger partial charge is 0.119 e. The van der Waals surface area contributed by atoms with Gasteiger partial charge in [-0.25, -0.2) is 0 Å². The molecule has 0 saturated heterocycles. The van der Waals surface area contributed by atoms with Crippen molar-refractivity contribution in [1.29, 1.82) is 0 Å². The number of ether oxygens (including phenoxy) is 1. The van der Waals surface area contributed by atoms with Gasteiger partial charge in [0.25, 0.3) is 0 Å². The average molecular weight is 326 g/mol. The first-order valence-corrected chi connectivity index (χ1v) is 8.01. The molecular formula is C16H24BrNO. The van der Waals surface area contributed by atoms with E-state index in [1.807, 2.05) is 6.07 Å². The van der Waals surface area contributed by atoms with Crippen molar-refractivity contribution < 1.29 is 4.74 Å². The second kappa shape index (κ2) is 7.30. The Hall–Kier alpha value is -0.540. The number of nitrogens with one attached hydrogen (secondary N) is 1. The summed E-state index contributed by atoms with van der Waals surface area (Å²) < 4.78 is 6.54. The van der Waals surface area contributed by atoms with Crippen LogP contribution in [-0.4, -0.2) is 20.7 Å². The molecule has 3 heteroatoms. The number of hydrogen-bond donors (Lipinski definition) is 1. The fourth-order valence-corrected chi connectivity index (χ4v) is 3.62. The molecule has 106 valence electrons. The third-order valence-corrected chi connectivity index (χ3v) is 5.04. The maximum atomic E-state index is 5.34. The van der Waals surface area contributed by atoms with E-state index < -0.39 is 0 Å². The molecular weight excluding hydrogens is 302 g/mol.